The molecule has 0 atom stereocenters. The Morgan fingerprint density at radius 2 is 1.37 bits per heavy atom. The van der Waals surface area contributed by atoms with Crippen LogP contribution in [0.1, 0.15) is 24.0 Å². The largest absolute Gasteiger partial charge is 0.390 e. The fraction of sp³-hybridized carbons (Fsp3) is 0.333. The normalized spacial score (nSPS) is 25.8. The molecule has 2 aromatic carbocycles. The van der Waals surface area contributed by atoms with Gasteiger partial charge in [0.2, 0.25) is 0 Å². The van der Waals surface area contributed by atoms with Crippen LogP contribution in [0.15, 0.2) is 60.7 Å². The first kappa shape index (κ1) is 12.4. The van der Waals surface area contributed by atoms with Gasteiger partial charge in [-0.2, -0.15) is 0 Å². The van der Waals surface area contributed by atoms with Gasteiger partial charge in [-0.15, -0.1) is 0 Å². The molecule has 98 valence electrons. The summed E-state index contributed by atoms with van der Waals surface area (Å²) >= 11 is 0. The van der Waals surface area contributed by atoms with Crippen molar-refractivity contribution in [1.82, 2.24) is 0 Å². The molecular weight excluding hydrogens is 232 g/mol. The van der Waals surface area contributed by atoms with E-state index in [1.165, 1.54) is 11.1 Å². The van der Waals surface area contributed by atoms with Crippen LogP contribution in [0.4, 0.5) is 0 Å². The SMILES string of the molecule is OC1(Cc2ccccc2)CC(Cc2ccccc2)C1. The highest BCUT2D eigenvalue weighted by atomic mass is 16.3. The van der Waals surface area contributed by atoms with Gasteiger partial charge in [0, 0.05) is 6.42 Å². The second kappa shape index (κ2) is 5.18. The molecule has 1 aliphatic rings. The van der Waals surface area contributed by atoms with Crippen molar-refractivity contribution >= 4 is 0 Å². The molecule has 1 fully saturated rings. The van der Waals surface area contributed by atoms with E-state index in [0.29, 0.717) is 5.92 Å². The standard InChI is InChI=1S/C18H20O/c19-18(12-16-9-5-2-6-10-16)13-17(14-18)11-15-7-3-1-4-8-15/h1-10,17,19H,11-14H2. The van der Waals surface area contributed by atoms with Crippen LogP contribution in [0, 0.1) is 5.92 Å². The monoisotopic (exact) mass is 252 g/mol. The Hall–Kier alpha value is -1.60. The van der Waals surface area contributed by atoms with Crippen molar-refractivity contribution in [3.8, 4) is 0 Å². The third-order valence-corrected chi connectivity index (χ3v) is 4.08. The van der Waals surface area contributed by atoms with Crippen molar-refractivity contribution in [2.75, 3.05) is 0 Å². The lowest BCUT2D eigenvalue weighted by atomic mass is 9.66. The molecule has 2 aromatic rings. The van der Waals surface area contributed by atoms with E-state index in [4.69, 9.17) is 0 Å². The van der Waals surface area contributed by atoms with E-state index in [1.54, 1.807) is 0 Å². The van der Waals surface area contributed by atoms with Crippen molar-refractivity contribution in [1.29, 1.82) is 0 Å². The van der Waals surface area contributed by atoms with E-state index in [0.717, 1.165) is 25.7 Å². The molecule has 1 heteroatoms. The Labute approximate surface area is 114 Å². The van der Waals surface area contributed by atoms with Crippen LogP contribution < -0.4 is 0 Å². The number of rotatable bonds is 4. The van der Waals surface area contributed by atoms with Gasteiger partial charge in [0.1, 0.15) is 0 Å². The van der Waals surface area contributed by atoms with E-state index in [9.17, 15) is 5.11 Å². The number of aliphatic hydroxyl groups is 1. The third-order valence-electron chi connectivity index (χ3n) is 4.08. The summed E-state index contributed by atoms with van der Waals surface area (Å²) in [5.74, 6) is 0.635. The molecule has 0 unspecified atom stereocenters. The predicted octanol–water partition coefficient (Wildman–Crippen LogP) is 3.61. The first-order valence-electron chi connectivity index (χ1n) is 7.04. The van der Waals surface area contributed by atoms with E-state index in [1.807, 2.05) is 18.2 Å². The van der Waals surface area contributed by atoms with Crippen molar-refractivity contribution in [2.24, 2.45) is 5.92 Å². The van der Waals surface area contributed by atoms with Crippen molar-refractivity contribution in [3.05, 3.63) is 71.8 Å². The molecule has 0 amide bonds. The highest BCUT2D eigenvalue weighted by molar-refractivity contribution is 5.20. The van der Waals surface area contributed by atoms with Gasteiger partial charge in [0.05, 0.1) is 5.60 Å². The lowest BCUT2D eigenvalue weighted by Crippen LogP contribution is -2.46. The highest BCUT2D eigenvalue weighted by Crippen LogP contribution is 2.41. The number of hydrogen-bond acceptors (Lipinski definition) is 1. The van der Waals surface area contributed by atoms with Crippen molar-refractivity contribution in [3.63, 3.8) is 0 Å². The molecule has 1 nitrogen and oxygen atoms in total. The van der Waals surface area contributed by atoms with Crippen LogP contribution >= 0.6 is 0 Å². The summed E-state index contributed by atoms with van der Waals surface area (Å²) in [4.78, 5) is 0. The van der Waals surface area contributed by atoms with Crippen LogP contribution in [-0.4, -0.2) is 10.7 Å². The van der Waals surface area contributed by atoms with Gasteiger partial charge in [-0.25, -0.2) is 0 Å². The summed E-state index contributed by atoms with van der Waals surface area (Å²) in [6.07, 6.45) is 3.74. The lowest BCUT2D eigenvalue weighted by Gasteiger charge is -2.44. The van der Waals surface area contributed by atoms with Gasteiger partial charge >= 0.3 is 0 Å². The first-order valence-corrected chi connectivity index (χ1v) is 7.04. The molecule has 3 rings (SSSR count). The van der Waals surface area contributed by atoms with Gasteiger partial charge in [-0.1, -0.05) is 60.7 Å². The Bertz CT molecular complexity index is 512. The summed E-state index contributed by atoms with van der Waals surface area (Å²) in [5.41, 5.74) is 2.15. The highest BCUT2D eigenvalue weighted by Gasteiger charge is 2.42. The van der Waals surface area contributed by atoms with E-state index in [2.05, 4.69) is 42.5 Å². The molecule has 1 N–H and O–H groups in total. The Morgan fingerprint density at radius 1 is 0.842 bits per heavy atom. The zero-order valence-corrected chi connectivity index (χ0v) is 11.1. The van der Waals surface area contributed by atoms with Gasteiger partial charge < -0.3 is 5.11 Å². The second-order valence-corrected chi connectivity index (χ2v) is 5.85. The molecular formula is C18H20O. The molecule has 0 radical (unpaired) electrons. The Kier molecular flexibility index (Phi) is 3.39. The molecule has 0 aliphatic heterocycles. The van der Waals surface area contributed by atoms with Crippen LogP contribution in [0.5, 0.6) is 0 Å². The summed E-state index contributed by atoms with van der Waals surface area (Å²) in [5, 5.41) is 10.5. The molecule has 0 bridgehead atoms. The van der Waals surface area contributed by atoms with Crippen LogP contribution in [0.2, 0.25) is 0 Å². The Morgan fingerprint density at radius 3 is 1.95 bits per heavy atom. The maximum atomic E-state index is 10.5. The van der Waals surface area contributed by atoms with E-state index < -0.39 is 5.60 Å². The molecule has 1 saturated carbocycles. The lowest BCUT2D eigenvalue weighted by molar-refractivity contribution is -0.0721. The molecule has 1 aliphatic carbocycles. The summed E-state index contributed by atoms with van der Waals surface area (Å²) in [7, 11) is 0. The molecule has 19 heavy (non-hydrogen) atoms. The minimum atomic E-state index is -0.471. The van der Waals surface area contributed by atoms with Gasteiger partial charge in [-0.3, -0.25) is 0 Å². The van der Waals surface area contributed by atoms with Gasteiger partial charge in [-0.05, 0) is 36.3 Å². The maximum absolute atomic E-state index is 10.5. The van der Waals surface area contributed by atoms with E-state index >= 15 is 0 Å². The zero-order valence-electron chi connectivity index (χ0n) is 11.1. The molecule has 0 spiro atoms. The third kappa shape index (κ3) is 3.05. The van der Waals surface area contributed by atoms with Crippen LogP contribution in [0.25, 0.3) is 0 Å². The van der Waals surface area contributed by atoms with Crippen LogP contribution in [-0.2, 0) is 12.8 Å². The number of benzene rings is 2. The fourth-order valence-corrected chi connectivity index (χ4v) is 3.23. The van der Waals surface area contributed by atoms with Crippen molar-refractivity contribution < 1.29 is 5.11 Å². The average Bonchev–Trinajstić information content (AvgIpc) is 2.39. The van der Waals surface area contributed by atoms with Gasteiger partial charge in [0.25, 0.3) is 0 Å². The quantitative estimate of drug-likeness (QED) is 0.881. The summed E-state index contributed by atoms with van der Waals surface area (Å²) in [6, 6.07) is 20.9. The molecule has 0 heterocycles. The van der Waals surface area contributed by atoms with Crippen molar-refractivity contribution in [2.45, 2.75) is 31.3 Å². The minimum absolute atomic E-state index is 0.471. The first-order chi connectivity index (χ1) is 9.23. The van der Waals surface area contributed by atoms with Crippen LogP contribution in [0.3, 0.4) is 0 Å². The fourth-order valence-electron chi connectivity index (χ4n) is 3.23. The number of hydrogen-bond donors (Lipinski definition) is 1. The Balaban J connectivity index is 1.54. The summed E-state index contributed by atoms with van der Waals surface area (Å²) < 4.78 is 0. The molecule has 0 aromatic heterocycles. The smallest absolute Gasteiger partial charge is 0.0693 e. The zero-order chi connectivity index (χ0) is 13.1. The predicted molar refractivity (Wildman–Crippen MR) is 78.0 cm³/mol. The second-order valence-electron chi connectivity index (χ2n) is 5.85. The maximum Gasteiger partial charge on any atom is 0.0693 e. The molecule has 0 saturated heterocycles. The average molecular weight is 252 g/mol. The topological polar surface area (TPSA) is 20.2 Å². The van der Waals surface area contributed by atoms with E-state index in [-0.39, 0.29) is 0 Å². The van der Waals surface area contributed by atoms with Gasteiger partial charge in [0.15, 0.2) is 0 Å². The minimum Gasteiger partial charge on any atom is -0.390 e. The summed E-state index contributed by atoms with van der Waals surface area (Å²) in [6.45, 7) is 0.